The first kappa shape index (κ1) is 82.7. The fourth-order valence-electron chi connectivity index (χ4n) is 10.2. The van der Waals surface area contributed by atoms with Crippen LogP contribution in [0.15, 0.2) is 125 Å². The van der Waals surface area contributed by atoms with Gasteiger partial charge in [-0.1, -0.05) is 82.5 Å². The van der Waals surface area contributed by atoms with Crippen LogP contribution in [0.1, 0.15) is 115 Å². The second kappa shape index (κ2) is 35.9. The number of unbranched alkanes of at least 4 members (excludes halogenated alkanes) is 4. The van der Waals surface area contributed by atoms with E-state index in [4.69, 9.17) is 25.3 Å². The molecule has 0 aliphatic carbocycles. The van der Waals surface area contributed by atoms with Gasteiger partial charge in [0.25, 0.3) is 0 Å². The number of nitrogens with zero attached hydrogens (tertiary/aromatic N) is 2. The summed E-state index contributed by atoms with van der Waals surface area (Å²) in [6, 6.07) is 27.6. The van der Waals surface area contributed by atoms with E-state index < -0.39 is 77.9 Å². The molecular formula is C56H60N2Na5O16S5+. The van der Waals surface area contributed by atoms with Crippen LogP contribution in [-0.2, 0) is 73.6 Å². The molecule has 2 heterocycles. The van der Waals surface area contributed by atoms with E-state index in [9.17, 15) is 43.7 Å². The molecule has 7 rings (SSSR count). The van der Waals surface area contributed by atoms with Crippen LogP contribution in [0.3, 0.4) is 0 Å². The van der Waals surface area contributed by atoms with E-state index in [2.05, 4.69) is 92.9 Å². The number of carbonyl (C=O) groups excluding carboxylic acids is 1. The van der Waals surface area contributed by atoms with Gasteiger partial charge in [0.05, 0.1) is 25.3 Å². The van der Waals surface area contributed by atoms with Crippen LogP contribution in [0.2, 0.25) is 0 Å². The molecule has 0 atom stereocenters. The van der Waals surface area contributed by atoms with E-state index in [0.717, 1.165) is 96.4 Å². The van der Waals surface area contributed by atoms with Crippen LogP contribution in [0.25, 0.3) is 27.1 Å². The number of aryl methyl sites for hydroxylation is 1. The van der Waals surface area contributed by atoms with Crippen LogP contribution in [0.5, 0.6) is 0 Å². The minimum absolute atomic E-state index is 0. The summed E-state index contributed by atoms with van der Waals surface area (Å²) < 4.78 is 163. The minimum atomic E-state index is -5.28. The molecule has 0 unspecified atom stereocenters. The fraction of sp³-hybridized carbons (Fsp3) is 0.357. The topological polar surface area (TPSA) is 297 Å². The number of allylic oxidation sites excluding steroid dienone is 7. The van der Waals surface area contributed by atoms with Crippen LogP contribution in [0.4, 0.5) is 11.4 Å². The Kier molecular flexibility index (Phi) is 35.4. The van der Waals surface area contributed by atoms with Gasteiger partial charge >= 0.3 is 169 Å². The predicted octanol–water partition coefficient (Wildman–Crippen LogP) is -6.52. The molecule has 2 aliphatic heterocycles. The molecule has 0 saturated carbocycles. The third-order valence-electron chi connectivity index (χ3n) is 13.8. The van der Waals surface area contributed by atoms with Gasteiger partial charge < -0.3 is 18.6 Å². The van der Waals surface area contributed by atoms with Crippen molar-refractivity contribution < 1.29 is 221 Å². The van der Waals surface area contributed by atoms with Crippen molar-refractivity contribution in [3.8, 4) is 0 Å². The van der Waals surface area contributed by atoms with Gasteiger partial charge in [-0.25, -0.2) is 43.5 Å². The van der Waals surface area contributed by atoms with Crippen molar-refractivity contribution in [1.29, 1.82) is 0 Å². The Hall–Kier alpha value is -1.31. The number of fused-ring (bicyclic) bond motifs is 6. The molecule has 18 nitrogen and oxygen atoms in total. The van der Waals surface area contributed by atoms with Gasteiger partial charge in [-0.3, -0.25) is 22.3 Å². The molecule has 5 aromatic carbocycles. The van der Waals surface area contributed by atoms with Gasteiger partial charge in [0, 0.05) is 65.0 Å². The summed E-state index contributed by atoms with van der Waals surface area (Å²) in [5.74, 6) is -0.567. The summed E-state index contributed by atoms with van der Waals surface area (Å²) in [5, 5.41) is 2.06. The standard InChI is InChI=1S/C56H63N2O10S3.5Na.2O3S/c1-8-9-33-57-47-29-25-42-18-14-15-19-44(42)53(47)55(4,5)51(57)31-26-41(40-23-21-39(22-24-40)17-12-10-11-13-20-49(59)38(2)3)27-32-52-56(6,7)54-46-36-43(70(63,64)65)37-50(71(66,67)68)45(46)28-30-48(54)58(52)34-16-35-69(60,61)62;;;;;;2*1-4(2)3/h14,19,21-32,36-37H,2,8-13,16-17,20,33-35H2,1,3-7H3,(H,60,61,62)(H,63,64,65)(H,66,67,68);;;;;;;/q-1;5*+1;;/p-3. The summed E-state index contributed by atoms with van der Waals surface area (Å²) in [5.41, 5.74) is 6.79. The monoisotopic (exact) mass is 1290 g/mol. The molecular weight excluding hydrogens is 1230 g/mol. The second-order valence-electron chi connectivity index (χ2n) is 20.0. The van der Waals surface area contributed by atoms with E-state index in [-0.39, 0.29) is 177 Å². The molecule has 2 aliphatic rings. The third kappa shape index (κ3) is 22.3. The molecule has 0 spiro atoms. The molecule has 0 saturated heterocycles. The Morgan fingerprint density at radius 3 is 1.89 bits per heavy atom. The van der Waals surface area contributed by atoms with E-state index in [1.54, 1.807) is 19.1 Å². The Morgan fingerprint density at radius 2 is 1.33 bits per heavy atom. The molecule has 0 aromatic heterocycles. The maximum Gasteiger partial charge on any atom is 1.00 e. The zero-order valence-electron chi connectivity index (χ0n) is 49.4. The van der Waals surface area contributed by atoms with E-state index in [0.29, 0.717) is 35.0 Å². The number of ketones is 1. The Labute approximate surface area is 607 Å². The van der Waals surface area contributed by atoms with Crippen molar-refractivity contribution in [2.45, 2.75) is 120 Å². The van der Waals surface area contributed by atoms with E-state index in [1.165, 1.54) is 11.6 Å². The normalized spacial score (nSPS) is 14.5. The average Bonchev–Trinajstić information content (AvgIpc) is 3.70. The molecule has 84 heavy (non-hydrogen) atoms. The number of carbonyl (C=O) groups is 1. The van der Waals surface area contributed by atoms with Gasteiger partial charge in [0.2, 0.25) is 5.69 Å². The maximum atomic E-state index is 12.6. The van der Waals surface area contributed by atoms with Crippen LogP contribution in [-0.4, -0.2) is 99.1 Å². The summed E-state index contributed by atoms with van der Waals surface area (Å²) in [4.78, 5) is 12.7. The second-order valence-corrected chi connectivity index (χ2v) is 25.1. The van der Waals surface area contributed by atoms with Crippen LogP contribution < -0.4 is 153 Å². The van der Waals surface area contributed by atoms with Gasteiger partial charge in [0.15, 0.2) is 11.5 Å². The van der Waals surface area contributed by atoms with Crippen molar-refractivity contribution in [3.63, 3.8) is 0 Å². The summed E-state index contributed by atoms with van der Waals surface area (Å²) in [7, 11) is -21.4. The van der Waals surface area contributed by atoms with Crippen LogP contribution in [0, 0.1) is 12.1 Å². The average molecular weight is 1290 g/mol. The van der Waals surface area contributed by atoms with Gasteiger partial charge in [-0.05, 0) is 104 Å². The number of anilines is 1. The molecule has 0 bridgehead atoms. The quantitative estimate of drug-likeness (QED) is 0.0126. The van der Waals surface area contributed by atoms with Gasteiger partial charge in [0.1, 0.15) is 26.8 Å². The Bertz CT molecular complexity index is 3890. The zero-order chi connectivity index (χ0) is 58.8. The molecule has 0 fully saturated rings. The first-order chi connectivity index (χ1) is 36.8. The number of Topliss-reactive ketones (excluding diaryl/α,β-unsaturated/α-hetero) is 1. The number of hydrogen-bond donors (Lipinski definition) is 0. The summed E-state index contributed by atoms with van der Waals surface area (Å²) >= 11 is 0. The molecule has 28 heteroatoms. The Balaban J connectivity index is 0.00000498. The first-order valence-corrected chi connectivity index (χ1v) is 31.4. The van der Waals surface area contributed by atoms with E-state index >= 15 is 0 Å². The first-order valence-electron chi connectivity index (χ1n) is 25.0. The van der Waals surface area contributed by atoms with Crippen molar-refractivity contribution in [2.75, 3.05) is 23.7 Å². The van der Waals surface area contributed by atoms with Crippen molar-refractivity contribution in [2.24, 2.45) is 0 Å². The molecule has 0 amide bonds. The summed E-state index contributed by atoms with van der Waals surface area (Å²) in [6.07, 6.45) is 15.0. The van der Waals surface area contributed by atoms with Crippen molar-refractivity contribution in [1.82, 2.24) is 0 Å². The molecule has 0 radical (unpaired) electrons. The molecule has 0 N–H and O–H groups in total. The number of benzene rings is 5. The molecule has 5 aromatic rings. The van der Waals surface area contributed by atoms with Crippen molar-refractivity contribution in [3.05, 3.63) is 149 Å². The third-order valence-corrected chi connectivity index (χ3v) is 16.3. The maximum absolute atomic E-state index is 12.6. The Morgan fingerprint density at radius 1 is 0.726 bits per heavy atom. The molecule has 424 valence electrons. The number of hydrogen-bond acceptors (Lipinski definition) is 17. The van der Waals surface area contributed by atoms with Gasteiger partial charge in [-0.2, -0.15) is 9.96 Å². The number of rotatable bonds is 21. The zero-order valence-corrected chi connectivity index (χ0v) is 63.5. The largest absolute Gasteiger partial charge is 1.00 e. The van der Waals surface area contributed by atoms with Crippen molar-refractivity contribution >= 4 is 102 Å². The fourth-order valence-corrected chi connectivity index (χ4v) is 12.0. The predicted molar refractivity (Wildman–Crippen MR) is 296 cm³/mol. The van der Waals surface area contributed by atoms with Crippen LogP contribution >= 0.6 is 0 Å². The minimum Gasteiger partial charge on any atom is -0.748 e. The smallest absolute Gasteiger partial charge is 0.748 e. The SMILES string of the molecule is C=C(C)C(=O)CCCCCCc1ccc(C(C=CC2=[N+](CCCS(=O)(=O)[O-])c3ccc4c(S(=O)(=O)[O-])cc(S(=O)(=O)[O-])cc4c3C2(C)C)=CC=C2N(CCCC)c3ccc4[c-]c[c-]cc4c3C2(C)C)cc1.O=S(=O)=O.O=S(=O)=O.[Na+].[Na+].[Na+].[Na+].[Na+]. The van der Waals surface area contributed by atoms with E-state index in [1.807, 2.05) is 36.6 Å². The van der Waals surface area contributed by atoms with Gasteiger partial charge in [-0.15, -0.1) is 31.3 Å². The summed E-state index contributed by atoms with van der Waals surface area (Å²) in [6.45, 7) is 16.6.